The van der Waals surface area contributed by atoms with Gasteiger partial charge in [-0.15, -0.1) is 0 Å². The molecule has 3 N–H and O–H groups in total. The Bertz CT molecular complexity index is 1660. The van der Waals surface area contributed by atoms with Crippen molar-refractivity contribution < 1.29 is 33.0 Å². The Kier molecular flexibility index (Phi) is 10.4. The summed E-state index contributed by atoms with van der Waals surface area (Å²) in [5, 5.41) is 18.2. The number of hydrogen-bond acceptors (Lipinski definition) is 4. The van der Waals surface area contributed by atoms with Gasteiger partial charge in [0.15, 0.2) is 0 Å². The van der Waals surface area contributed by atoms with E-state index in [2.05, 4.69) is 9.97 Å². The van der Waals surface area contributed by atoms with Crippen molar-refractivity contribution in [3.05, 3.63) is 111 Å². The average molecular weight is 581 g/mol. The topological polar surface area (TPSA) is 120 Å². The predicted octanol–water partition coefficient (Wildman–Crippen LogP) is 6.71. The molecule has 0 saturated heterocycles. The van der Waals surface area contributed by atoms with Crippen LogP contribution < -0.4 is 5.56 Å². The first-order valence-corrected chi connectivity index (χ1v) is 13.2. The number of aromatic nitrogens is 2. The molecule has 0 spiro atoms. The van der Waals surface area contributed by atoms with Crippen molar-refractivity contribution in [3.8, 4) is 22.3 Å². The number of hydrogen-bond donors (Lipinski definition) is 3. The standard InChI is InChI=1S/C16H15F2NO2.C16H16FNO3/c1-9(2)12-6-11(17)7-13(14(12)8-16(20)21)10-3-4-19-15(18)5-10;1-9(2)12-6-11(17)7-13(14(12)8-16(20)21)10-3-4-18-15(19)5-10/h3-7,9H,8H2,1-2H3,(H,20,21);3-7,9H,8H2,1-2H3,(H,18,19)(H,20,21). The molecule has 2 aromatic heterocycles. The molecule has 0 atom stereocenters. The van der Waals surface area contributed by atoms with Crippen LogP contribution in [0.15, 0.2) is 65.7 Å². The zero-order valence-corrected chi connectivity index (χ0v) is 23.5. The van der Waals surface area contributed by atoms with E-state index in [0.717, 1.165) is 0 Å². The Labute approximate surface area is 240 Å². The van der Waals surface area contributed by atoms with Crippen molar-refractivity contribution in [2.75, 3.05) is 0 Å². The highest BCUT2D eigenvalue weighted by atomic mass is 19.1. The van der Waals surface area contributed by atoms with E-state index in [1.807, 2.05) is 27.7 Å². The molecule has 0 fully saturated rings. The summed E-state index contributed by atoms with van der Waals surface area (Å²) in [7, 11) is 0. The van der Waals surface area contributed by atoms with E-state index < -0.39 is 29.5 Å². The number of aliphatic carboxylic acids is 2. The summed E-state index contributed by atoms with van der Waals surface area (Å²) in [4.78, 5) is 39.6. The Morgan fingerprint density at radius 1 is 0.762 bits per heavy atom. The van der Waals surface area contributed by atoms with E-state index in [4.69, 9.17) is 10.2 Å². The lowest BCUT2D eigenvalue weighted by atomic mass is 9.88. The number of pyridine rings is 2. The normalized spacial score (nSPS) is 10.9. The number of nitrogens with zero attached hydrogens (tertiary/aromatic N) is 1. The van der Waals surface area contributed by atoms with Crippen LogP contribution in [-0.4, -0.2) is 32.1 Å². The van der Waals surface area contributed by atoms with Crippen molar-refractivity contribution in [2.24, 2.45) is 0 Å². The number of carboxylic acid groups (broad SMARTS) is 2. The molecule has 0 aliphatic carbocycles. The van der Waals surface area contributed by atoms with Crippen LogP contribution in [0.25, 0.3) is 22.3 Å². The summed E-state index contributed by atoms with van der Waals surface area (Å²) in [5.74, 6) is -3.67. The minimum absolute atomic E-state index is 0.0178. The minimum Gasteiger partial charge on any atom is -0.481 e. The van der Waals surface area contributed by atoms with Crippen LogP contribution in [0, 0.1) is 17.6 Å². The van der Waals surface area contributed by atoms with E-state index >= 15 is 0 Å². The van der Waals surface area contributed by atoms with E-state index in [1.54, 1.807) is 6.07 Å². The quantitative estimate of drug-likeness (QED) is 0.199. The van der Waals surface area contributed by atoms with Gasteiger partial charge in [0.25, 0.3) is 0 Å². The Balaban J connectivity index is 0.000000230. The highest BCUT2D eigenvalue weighted by molar-refractivity contribution is 5.79. The Morgan fingerprint density at radius 2 is 1.24 bits per heavy atom. The largest absolute Gasteiger partial charge is 0.481 e. The number of carbonyl (C=O) groups is 2. The molecule has 0 amide bonds. The van der Waals surface area contributed by atoms with Crippen LogP contribution >= 0.6 is 0 Å². The fraction of sp³-hybridized carbons (Fsp3) is 0.250. The molecule has 0 unspecified atom stereocenters. The molecular formula is C32H31F3N2O5. The minimum atomic E-state index is -1.01. The molecule has 4 aromatic rings. The summed E-state index contributed by atoms with van der Waals surface area (Å²) in [6.45, 7) is 7.47. The zero-order chi connectivity index (χ0) is 31.1. The van der Waals surface area contributed by atoms with Crippen molar-refractivity contribution in [3.63, 3.8) is 0 Å². The number of carboxylic acids is 2. The maximum absolute atomic E-state index is 13.9. The van der Waals surface area contributed by atoms with Gasteiger partial charge in [-0.3, -0.25) is 14.4 Å². The van der Waals surface area contributed by atoms with E-state index in [0.29, 0.717) is 44.5 Å². The van der Waals surface area contributed by atoms with Gasteiger partial charge in [-0.2, -0.15) is 4.39 Å². The molecule has 0 radical (unpaired) electrons. The Morgan fingerprint density at radius 3 is 1.64 bits per heavy atom. The number of rotatable bonds is 8. The van der Waals surface area contributed by atoms with Gasteiger partial charge in [0.1, 0.15) is 11.6 Å². The van der Waals surface area contributed by atoms with Crippen LogP contribution in [0.1, 0.15) is 61.8 Å². The van der Waals surface area contributed by atoms with Gasteiger partial charge < -0.3 is 15.2 Å². The fourth-order valence-corrected chi connectivity index (χ4v) is 4.74. The van der Waals surface area contributed by atoms with Crippen LogP contribution in [-0.2, 0) is 22.4 Å². The lowest BCUT2D eigenvalue weighted by Crippen LogP contribution is -2.09. The van der Waals surface area contributed by atoms with Gasteiger partial charge in [-0.25, -0.2) is 13.8 Å². The van der Waals surface area contributed by atoms with Crippen molar-refractivity contribution in [1.82, 2.24) is 9.97 Å². The molecule has 0 bridgehead atoms. The second-order valence-corrected chi connectivity index (χ2v) is 10.3. The first-order chi connectivity index (χ1) is 19.8. The smallest absolute Gasteiger partial charge is 0.307 e. The first-order valence-electron chi connectivity index (χ1n) is 13.2. The predicted molar refractivity (Wildman–Crippen MR) is 153 cm³/mol. The number of halogens is 3. The first kappa shape index (κ1) is 31.8. The number of H-pyrrole nitrogens is 1. The van der Waals surface area contributed by atoms with Gasteiger partial charge in [0.2, 0.25) is 11.5 Å². The number of benzene rings is 2. The molecule has 42 heavy (non-hydrogen) atoms. The molecule has 7 nitrogen and oxygen atoms in total. The summed E-state index contributed by atoms with van der Waals surface area (Å²) in [5.41, 5.74) is 3.77. The number of nitrogens with one attached hydrogen (secondary N) is 1. The molecule has 10 heteroatoms. The van der Waals surface area contributed by atoms with Gasteiger partial charge in [0.05, 0.1) is 12.8 Å². The molecule has 220 valence electrons. The van der Waals surface area contributed by atoms with Gasteiger partial charge >= 0.3 is 11.9 Å². The summed E-state index contributed by atoms with van der Waals surface area (Å²) < 4.78 is 41.0. The lowest BCUT2D eigenvalue weighted by molar-refractivity contribution is -0.137. The molecular weight excluding hydrogens is 549 g/mol. The number of aromatic amines is 1. The second-order valence-electron chi connectivity index (χ2n) is 10.3. The second kappa shape index (κ2) is 13.8. The molecule has 0 aliphatic rings. The molecule has 4 rings (SSSR count). The Hall–Kier alpha value is -4.73. The maximum atomic E-state index is 13.9. The highest BCUT2D eigenvalue weighted by Crippen LogP contribution is 2.33. The van der Waals surface area contributed by atoms with Gasteiger partial charge in [-0.1, -0.05) is 27.7 Å². The summed E-state index contributed by atoms with van der Waals surface area (Å²) >= 11 is 0. The molecule has 0 aliphatic heterocycles. The molecule has 2 heterocycles. The summed E-state index contributed by atoms with van der Waals surface area (Å²) in [6, 6.07) is 10.9. The molecule has 0 saturated carbocycles. The maximum Gasteiger partial charge on any atom is 0.307 e. The van der Waals surface area contributed by atoms with Crippen LogP contribution in [0.4, 0.5) is 13.2 Å². The lowest BCUT2D eigenvalue weighted by Gasteiger charge is -2.17. The third-order valence-corrected chi connectivity index (χ3v) is 6.52. The highest BCUT2D eigenvalue weighted by Gasteiger charge is 2.19. The fourth-order valence-electron chi connectivity index (χ4n) is 4.74. The van der Waals surface area contributed by atoms with Crippen molar-refractivity contribution in [1.29, 1.82) is 0 Å². The van der Waals surface area contributed by atoms with Gasteiger partial charge in [0, 0.05) is 24.5 Å². The summed E-state index contributed by atoms with van der Waals surface area (Å²) in [6.07, 6.45) is 2.28. The third kappa shape index (κ3) is 8.15. The van der Waals surface area contributed by atoms with E-state index in [1.165, 1.54) is 54.9 Å². The van der Waals surface area contributed by atoms with Gasteiger partial charge in [-0.05, 0) is 92.7 Å². The van der Waals surface area contributed by atoms with Crippen molar-refractivity contribution >= 4 is 11.9 Å². The monoisotopic (exact) mass is 580 g/mol. The van der Waals surface area contributed by atoms with Crippen LogP contribution in [0.3, 0.4) is 0 Å². The van der Waals surface area contributed by atoms with Crippen LogP contribution in [0.5, 0.6) is 0 Å². The average Bonchev–Trinajstić information content (AvgIpc) is 2.89. The van der Waals surface area contributed by atoms with Crippen molar-refractivity contribution in [2.45, 2.75) is 52.4 Å². The van der Waals surface area contributed by atoms with E-state index in [9.17, 15) is 27.6 Å². The SMILES string of the molecule is CC(C)c1cc(F)cc(-c2cc[nH]c(=O)c2)c1CC(=O)O.CC(C)c1cc(F)cc(-c2ccnc(F)c2)c1CC(=O)O. The molecule has 2 aromatic carbocycles. The van der Waals surface area contributed by atoms with E-state index in [-0.39, 0.29) is 30.2 Å². The zero-order valence-electron chi connectivity index (χ0n) is 23.5. The third-order valence-electron chi connectivity index (χ3n) is 6.52. The van der Waals surface area contributed by atoms with Crippen LogP contribution in [0.2, 0.25) is 0 Å².